The van der Waals surface area contributed by atoms with Gasteiger partial charge in [0.15, 0.2) is 6.04 Å². The van der Waals surface area contributed by atoms with E-state index < -0.39 is 6.04 Å². The van der Waals surface area contributed by atoms with Crippen molar-refractivity contribution in [3.05, 3.63) is 28.7 Å². The van der Waals surface area contributed by atoms with E-state index in [9.17, 15) is 9.59 Å². The number of nitrogens with one attached hydrogen (secondary N) is 1. The number of carbonyl (C=O) groups is 2. The predicted molar refractivity (Wildman–Crippen MR) is 84.5 cm³/mol. The van der Waals surface area contributed by atoms with Gasteiger partial charge in [0.2, 0.25) is 5.91 Å². The third-order valence-electron chi connectivity index (χ3n) is 3.56. The van der Waals surface area contributed by atoms with E-state index in [2.05, 4.69) is 32.8 Å². The second kappa shape index (κ2) is 6.35. The molecule has 7 nitrogen and oxygen atoms in total. The minimum atomic E-state index is -0.693. The Labute approximate surface area is 140 Å². The first-order chi connectivity index (χ1) is 10.7. The van der Waals surface area contributed by atoms with Crippen LogP contribution in [0.1, 0.15) is 22.7 Å². The van der Waals surface area contributed by atoms with Crippen LogP contribution in [0.15, 0.2) is 18.2 Å². The molecule has 1 saturated heterocycles. The van der Waals surface area contributed by atoms with Gasteiger partial charge < -0.3 is 10.2 Å². The zero-order valence-corrected chi connectivity index (χ0v) is 14.1. The molecule has 3 heterocycles. The molecule has 1 N–H and O–H groups in total. The number of aromatic nitrogens is 1. The molecular formula is C13H15BrN4O3S. The number of halogens is 1. The number of urea groups is 1. The lowest BCUT2D eigenvalue weighted by Crippen LogP contribution is -2.44. The molecule has 0 aromatic carbocycles. The molecular weight excluding hydrogens is 372 g/mol. The highest BCUT2D eigenvalue weighted by atomic mass is 79.9. The Morgan fingerprint density at radius 3 is 3.23 bits per heavy atom. The number of hydrogen-bond acceptors (Lipinski definition) is 5. The van der Waals surface area contributed by atoms with E-state index in [4.69, 9.17) is 4.84 Å². The normalized spacial score (nSPS) is 22.7. The van der Waals surface area contributed by atoms with Crippen molar-refractivity contribution in [2.75, 3.05) is 25.0 Å². The van der Waals surface area contributed by atoms with E-state index in [1.165, 1.54) is 21.3 Å². The van der Waals surface area contributed by atoms with E-state index in [1.54, 1.807) is 11.6 Å². The largest absolute Gasteiger partial charge is 0.353 e. The molecule has 1 aromatic heterocycles. The fourth-order valence-electron chi connectivity index (χ4n) is 2.68. The molecule has 9 heteroatoms. The van der Waals surface area contributed by atoms with Crippen molar-refractivity contribution in [3.63, 3.8) is 0 Å². The van der Waals surface area contributed by atoms with Gasteiger partial charge in [0.1, 0.15) is 6.04 Å². The Hall–Kier alpha value is -1.45. The molecule has 2 atom stereocenters. The van der Waals surface area contributed by atoms with Gasteiger partial charge in [-0.1, -0.05) is 22.0 Å². The first kappa shape index (κ1) is 15.4. The van der Waals surface area contributed by atoms with Crippen molar-refractivity contribution < 1.29 is 14.4 Å². The van der Waals surface area contributed by atoms with E-state index in [1.807, 2.05) is 0 Å². The minimum Gasteiger partial charge on any atom is -0.353 e. The first-order valence-electron chi connectivity index (χ1n) is 6.79. The number of nitrogens with zero attached hydrogens (tertiary/aromatic N) is 3. The number of fused-ring (bicyclic) bond motifs is 4. The second-order valence-electron chi connectivity index (χ2n) is 4.85. The number of alkyl halides is 1. The summed E-state index contributed by atoms with van der Waals surface area (Å²) in [5.41, 5.74) is 2.35. The summed E-state index contributed by atoms with van der Waals surface area (Å²) < 4.78 is 0. The monoisotopic (exact) mass is 386 g/mol. The maximum Gasteiger partial charge on any atom is 0.345 e. The molecule has 2 aliphatic heterocycles. The number of hydroxylamine groups is 2. The van der Waals surface area contributed by atoms with Gasteiger partial charge >= 0.3 is 6.03 Å². The molecule has 1 aromatic rings. The van der Waals surface area contributed by atoms with Gasteiger partial charge in [-0.05, 0) is 0 Å². The summed E-state index contributed by atoms with van der Waals surface area (Å²) in [4.78, 5) is 37.2. The zero-order valence-electron chi connectivity index (χ0n) is 11.7. The van der Waals surface area contributed by atoms with Gasteiger partial charge in [-0.2, -0.15) is 5.06 Å². The third kappa shape index (κ3) is 2.42. The summed E-state index contributed by atoms with van der Waals surface area (Å²) in [7, 11) is 0. The Morgan fingerprint density at radius 1 is 1.68 bits per heavy atom. The highest BCUT2D eigenvalue weighted by Crippen LogP contribution is 2.45. The van der Waals surface area contributed by atoms with Gasteiger partial charge in [0.25, 0.3) is 0 Å². The molecule has 3 amide bonds. The van der Waals surface area contributed by atoms with E-state index >= 15 is 0 Å². The summed E-state index contributed by atoms with van der Waals surface area (Å²) in [5.74, 6) is -0.219. The lowest BCUT2D eigenvalue weighted by Gasteiger charge is -2.28. The van der Waals surface area contributed by atoms with Crippen LogP contribution in [-0.4, -0.2) is 51.9 Å². The molecule has 3 rings (SSSR count). The Morgan fingerprint density at radius 2 is 2.50 bits per heavy atom. The van der Waals surface area contributed by atoms with Crippen LogP contribution in [0.2, 0.25) is 0 Å². The quantitative estimate of drug-likeness (QED) is 0.595. The Balaban J connectivity index is 1.91. The predicted octanol–water partition coefficient (Wildman–Crippen LogP) is 1.61. The van der Waals surface area contributed by atoms with Gasteiger partial charge in [0, 0.05) is 11.9 Å². The summed E-state index contributed by atoms with van der Waals surface area (Å²) in [6.07, 6.45) is 1.58. The maximum atomic E-state index is 12.5. The topological polar surface area (TPSA) is 74.8 Å². The molecule has 118 valence electrons. The summed E-state index contributed by atoms with van der Waals surface area (Å²) in [6.45, 7) is 4.75. The third-order valence-corrected chi connectivity index (χ3v) is 4.90. The molecule has 2 bridgehead atoms. The molecule has 0 radical (unpaired) electrons. The van der Waals surface area contributed by atoms with Crippen LogP contribution in [0.5, 0.6) is 0 Å². The zero-order chi connectivity index (χ0) is 15.7. The van der Waals surface area contributed by atoms with E-state index in [-0.39, 0.29) is 24.6 Å². The summed E-state index contributed by atoms with van der Waals surface area (Å²) >= 11 is 4.71. The number of hydrogen-bond donors (Lipinski definition) is 1. The molecule has 0 aliphatic carbocycles. The van der Waals surface area contributed by atoms with Crippen molar-refractivity contribution in [1.82, 2.24) is 20.3 Å². The minimum absolute atomic E-state index is 0.213. The van der Waals surface area contributed by atoms with Gasteiger partial charge in [-0.15, -0.1) is 17.9 Å². The average Bonchev–Trinajstić information content (AvgIpc) is 3.10. The van der Waals surface area contributed by atoms with Crippen LogP contribution in [0, 0.1) is 0 Å². The van der Waals surface area contributed by atoms with Crippen molar-refractivity contribution >= 4 is 39.2 Å². The van der Waals surface area contributed by atoms with Crippen LogP contribution in [0.4, 0.5) is 4.79 Å². The smallest absolute Gasteiger partial charge is 0.345 e. The molecule has 0 spiro atoms. The highest BCUT2D eigenvalue weighted by Gasteiger charge is 2.52. The van der Waals surface area contributed by atoms with Gasteiger partial charge in [0.05, 0.1) is 29.2 Å². The van der Waals surface area contributed by atoms with Crippen LogP contribution in [-0.2, 0) is 9.63 Å². The molecule has 1 fully saturated rings. The van der Waals surface area contributed by atoms with Crippen LogP contribution >= 0.6 is 27.3 Å². The number of thiazole rings is 1. The van der Waals surface area contributed by atoms with Crippen molar-refractivity contribution in [2.45, 2.75) is 12.1 Å². The lowest BCUT2D eigenvalue weighted by atomic mass is 10.0. The molecule has 0 saturated carbocycles. The van der Waals surface area contributed by atoms with Crippen LogP contribution < -0.4 is 5.32 Å². The fourth-order valence-corrected chi connectivity index (χ4v) is 3.77. The van der Waals surface area contributed by atoms with Crippen molar-refractivity contribution in [1.29, 1.82) is 0 Å². The number of carbonyl (C=O) groups excluding carboxylic acids is 2. The molecule has 1 unspecified atom stereocenters. The van der Waals surface area contributed by atoms with Crippen molar-refractivity contribution in [3.8, 4) is 0 Å². The SMILES string of the molecule is C=CCON1C(=O)N2C[C@H]1c1scnc1C2C(=O)NCCBr. The standard InChI is InChI=1S/C13H15BrN4O3S/c1-2-5-21-18-8-6-17(13(18)20)10(12(19)15-4-3-14)9-11(8)22-7-16-9/h2,7-8,10H,1,3-6H2,(H,15,19)/t8-,10?/m0/s1. The average molecular weight is 387 g/mol. The summed E-state index contributed by atoms with van der Waals surface area (Å²) in [6, 6.07) is -1.22. The molecule has 22 heavy (non-hydrogen) atoms. The van der Waals surface area contributed by atoms with Crippen LogP contribution in [0.3, 0.4) is 0 Å². The second-order valence-corrected chi connectivity index (χ2v) is 6.52. The summed E-state index contributed by atoms with van der Waals surface area (Å²) in [5, 5.41) is 4.79. The fraction of sp³-hybridized carbons (Fsp3) is 0.462. The first-order valence-corrected chi connectivity index (χ1v) is 8.79. The Bertz CT molecular complexity index is 608. The number of amides is 3. The van der Waals surface area contributed by atoms with Crippen molar-refractivity contribution in [2.24, 2.45) is 0 Å². The van der Waals surface area contributed by atoms with Gasteiger partial charge in [-0.3, -0.25) is 9.63 Å². The number of rotatable bonds is 6. The highest BCUT2D eigenvalue weighted by molar-refractivity contribution is 9.09. The Kier molecular flexibility index (Phi) is 4.46. The van der Waals surface area contributed by atoms with E-state index in [0.717, 1.165) is 4.88 Å². The molecule has 2 aliphatic rings. The van der Waals surface area contributed by atoms with E-state index in [0.29, 0.717) is 24.1 Å². The maximum absolute atomic E-state index is 12.5. The van der Waals surface area contributed by atoms with Gasteiger partial charge in [-0.25, -0.2) is 9.78 Å². The lowest BCUT2D eigenvalue weighted by molar-refractivity contribution is -0.125. The van der Waals surface area contributed by atoms with Crippen LogP contribution in [0.25, 0.3) is 0 Å².